The van der Waals surface area contributed by atoms with E-state index in [1.165, 1.54) is 0 Å². The zero-order chi connectivity index (χ0) is 18.7. The summed E-state index contributed by atoms with van der Waals surface area (Å²) < 4.78 is 35.7. The van der Waals surface area contributed by atoms with Gasteiger partial charge in [0.2, 0.25) is 10.0 Å². The molecule has 0 aliphatic heterocycles. The van der Waals surface area contributed by atoms with Crippen molar-refractivity contribution in [2.75, 3.05) is 7.11 Å². The second kappa shape index (κ2) is 7.31. The third-order valence-electron chi connectivity index (χ3n) is 4.15. The zero-order valence-corrected chi connectivity index (χ0v) is 15.7. The normalized spacial score (nSPS) is 12.7. The van der Waals surface area contributed by atoms with Crippen LogP contribution >= 0.6 is 0 Å². The van der Waals surface area contributed by atoms with Gasteiger partial charge < -0.3 is 9.30 Å². The second-order valence-electron chi connectivity index (χ2n) is 6.04. The number of aryl methyl sites for hydroxylation is 2. The lowest BCUT2D eigenvalue weighted by atomic mass is 10.1. The van der Waals surface area contributed by atoms with Crippen LogP contribution in [0.4, 0.5) is 0 Å². The standard InChI is InChI=1S/C19H21N3O3S/c1-14-7-9-17(10-8-14)26(23,24)21-18(19-20-11-12-22(19)2)15-5-4-6-16(13-15)25-3/h4-13,18,21H,1-3H3. The van der Waals surface area contributed by atoms with Crippen LogP contribution in [0.5, 0.6) is 5.75 Å². The van der Waals surface area contributed by atoms with Gasteiger partial charge in [-0.3, -0.25) is 0 Å². The van der Waals surface area contributed by atoms with Gasteiger partial charge in [0.1, 0.15) is 17.6 Å². The van der Waals surface area contributed by atoms with Crippen molar-refractivity contribution < 1.29 is 13.2 Å². The predicted molar refractivity (Wildman–Crippen MR) is 99.5 cm³/mol. The largest absolute Gasteiger partial charge is 0.497 e. The van der Waals surface area contributed by atoms with Crippen molar-refractivity contribution in [3.8, 4) is 5.75 Å². The average molecular weight is 371 g/mol. The van der Waals surface area contributed by atoms with Crippen molar-refractivity contribution in [2.24, 2.45) is 7.05 Å². The molecule has 0 aliphatic rings. The highest BCUT2D eigenvalue weighted by Crippen LogP contribution is 2.26. The lowest BCUT2D eigenvalue weighted by Crippen LogP contribution is -2.31. The van der Waals surface area contributed by atoms with Crippen LogP contribution < -0.4 is 9.46 Å². The SMILES string of the molecule is COc1cccc(C(NS(=O)(=O)c2ccc(C)cc2)c2nccn2C)c1. The second-order valence-corrected chi connectivity index (χ2v) is 7.75. The maximum atomic E-state index is 12.9. The Bertz CT molecular complexity index is 995. The molecule has 0 saturated heterocycles. The molecule has 1 atom stereocenters. The first kappa shape index (κ1) is 18.2. The molecule has 0 saturated carbocycles. The van der Waals surface area contributed by atoms with Crippen LogP contribution in [0.2, 0.25) is 0 Å². The minimum atomic E-state index is -3.73. The monoisotopic (exact) mass is 371 g/mol. The van der Waals surface area contributed by atoms with Gasteiger partial charge in [0, 0.05) is 19.4 Å². The summed E-state index contributed by atoms with van der Waals surface area (Å²) in [5.74, 6) is 1.24. The topological polar surface area (TPSA) is 73.2 Å². The Kier molecular flexibility index (Phi) is 5.11. The molecule has 1 N–H and O–H groups in total. The fourth-order valence-corrected chi connectivity index (χ4v) is 3.87. The number of nitrogens with one attached hydrogen (secondary N) is 1. The molecule has 136 valence electrons. The number of rotatable bonds is 6. The molecule has 6 nitrogen and oxygen atoms in total. The summed E-state index contributed by atoms with van der Waals surface area (Å²) in [6.45, 7) is 1.91. The molecule has 0 aliphatic carbocycles. The van der Waals surface area contributed by atoms with E-state index in [4.69, 9.17) is 4.74 Å². The highest BCUT2D eigenvalue weighted by atomic mass is 32.2. The molecule has 0 radical (unpaired) electrons. The van der Waals surface area contributed by atoms with Crippen LogP contribution in [0.25, 0.3) is 0 Å². The van der Waals surface area contributed by atoms with E-state index in [-0.39, 0.29) is 4.90 Å². The Morgan fingerprint density at radius 1 is 1.15 bits per heavy atom. The lowest BCUT2D eigenvalue weighted by Gasteiger charge is -2.20. The van der Waals surface area contributed by atoms with Crippen molar-refractivity contribution in [2.45, 2.75) is 17.9 Å². The molecule has 26 heavy (non-hydrogen) atoms. The summed E-state index contributed by atoms with van der Waals surface area (Å²) >= 11 is 0. The number of sulfonamides is 1. The molecule has 7 heteroatoms. The molecule has 3 aromatic rings. The van der Waals surface area contributed by atoms with Gasteiger partial charge in [-0.15, -0.1) is 0 Å². The van der Waals surface area contributed by atoms with Gasteiger partial charge in [-0.25, -0.2) is 13.4 Å². The van der Waals surface area contributed by atoms with Crippen LogP contribution in [0.3, 0.4) is 0 Å². The molecule has 0 fully saturated rings. The van der Waals surface area contributed by atoms with E-state index in [2.05, 4.69) is 9.71 Å². The van der Waals surface area contributed by atoms with Gasteiger partial charge in [0.15, 0.2) is 0 Å². The molecule has 2 aromatic carbocycles. The van der Waals surface area contributed by atoms with E-state index in [0.717, 1.165) is 11.1 Å². The summed E-state index contributed by atoms with van der Waals surface area (Å²) in [6.07, 6.45) is 3.42. The predicted octanol–water partition coefficient (Wildman–Crippen LogP) is 2.81. The molecular formula is C19H21N3O3S. The van der Waals surface area contributed by atoms with Crippen molar-refractivity contribution >= 4 is 10.0 Å². The highest BCUT2D eigenvalue weighted by molar-refractivity contribution is 7.89. The molecule has 0 spiro atoms. The van der Waals surface area contributed by atoms with Gasteiger partial charge in [-0.05, 0) is 36.8 Å². The smallest absolute Gasteiger partial charge is 0.241 e. The molecule has 3 rings (SSSR count). The van der Waals surface area contributed by atoms with Gasteiger partial charge in [0.05, 0.1) is 12.0 Å². The van der Waals surface area contributed by atoms with Crippen LogP contribution in [-0.2, 0) is 17.1 Å². The Morgan fingerprint density at radius 2 is 1.88 bits per heavy atom. The first-order chi connectivity index (χ1) is 12.4. The van der Waals surface area contributed by atoms with Crippen LogP contribution in [0, 0.1) is 6.92 Å². The van der Waals surface area contributed by atoms with Crippen LogP contribution in [0.1, 0.15) is 23.0 Å². The molecule has 1 unspecified atom stereocenters. The minimum absolute atomic E-state index is 0.213. The fourth-order valence-electron chi connectivity index (χ4n) is 2.69. The Morgan fingerprint density at radius 3 is 2.50 bits per heavy atom. The Labute approximate surface area is 153 Å². The summed E-state index contributed by atoms with van der Waals surface area (Å²) in [6, 6.07) is 13.4. The number of hydrogen-bond acceptors (Lipinski definition) is 4. The van der Waals surface area contributed by atoms with Gasteiger partial charge in [-0.1, -0.05) is 29.8 Å². The Balaban J connectivity index is 2.04. The van der Waals surface area contributed by atoms with Crippen LogP contribution in [0.15, 0.2) is 65.8 Å². The van der Waals surface area contributed by atoms with E-state index < -0.39 is 16.1 Å². The first-order valence-electron chi connectivity index (χ1n) is 8.11. The summed E-state index contributed by atoms with van der Waals surface area (Å²) in [5.41, 5.74) is 1.74. The third kappa shape index (κ3) is 3.79. The molecule has 0 amide bonds. The first-order valence-corrected chi connectivity index (χ1v) is 9.59. The van der Waals surface area contributed by atoms with E-state index in [9.17, 15) is 8.42 Å². The van der Waals surface area contributed by atoms with Gasteiger partial charge in [-0.2, -0.15) is 4.72 Å². The Hall–Kier alpha value is -2.64. The van der Waals surface area contributed by atoms with Crippen LogP contribution in [-0.4, -0.2) is 25.1 Å². The van der Waals surface area contributed by atoms with E-state index in [1.807, 2.05) is 32.2 Å². The van der Waals surface area contributed by atoms with Crippen molar-refractivity contribution in [1.29, 1.82) is 0 Å². The van der Waals surface area contributed by atoms with Crippen molar-refractivity contribution in [3.05, 3.63) is 77.9 Å². The number of ether oxygens (including phenoxy) is 1. The number of hydrogen-bond donors (Lipinski definition) is 1. The number of aromatic nitrogens is 2. The quantitative estimate of drug-likeness (QED) is 0.723. The van der Waals surface area contributed by atoms with Crippen molar-refractivity contribution in [3.63, 3.8) is 0 Å². The fraction of sp³-hybridized carbons (Fsp3) is 0.211. The average Bonchev–Trinajstić information content (AvgIpc) is 3.06. The maximum Gasteiger partial charge on any atom is 0.241 e. The maximum absolute atomic E-state index is 12.9. The molecular weight excluding hydrogens is 350 g/mol. The lowest BCUT2D eigenvalue weighted by molar-refractivity contribution is 0.413. The highest BCUT2D eigenvalue weighted by Gasteiger charge is 2.26. The molecule has 0 bridgehead atoms. The number of nitrogens with zero attached hydrogens (tertiary/aromatic N) is 2. The summed E-state index contributed by atoms with van der Waals surface area (Å²) in [7, 11) is -0.327. The van der Waals surface area contributed by atoms with Gasteiger partial charge >= 0.3 is 0 Å². The zero-order valence-electron chi connectivity index (χ0n) is 14.9. The third-order valence-corrected chi connectivity index (χ3v) is 5.59. The van der Waals surface area contributed by atoms with E-state index in [0.29, 0.717) is 11.6 Å². The summed E-state index contributed by atoms with van der Waals surface area (Å²) in [5, 5.41) is 0. The summed E-state index contributed by atoms with van der Waals surface area (Å²) in [4.78, 5) is 4.55. The number of benzene rings is 2. The van der Waals surface area contributed by atoms with E-state index >= 15 is 0 Å². The van der Waals surface area contributed by atoms with Gasteiger partial charge in [0.25, 0.3) is 0 Å². The number of methoxy groups -OCH3 is 1. The van der Waals surface area contributed by atoms with E-state index in [1.54, 1.807) is 54.4 Å². The van der Waals surface area contributed by atoms with Crippen molar-refractivity contribution in [1.82, 2.24) is 14.3 Å². The molecule has 1 aromatic heterocycles. The minimum Gasteiger partial charge on any atom is -0.497 e. The number of imidazole rings is 1. The molecule has 1 heterocycles.